The van der Waals surface area contributed by atoms with Gasteiger partial charge in [0.05, 0.1) is 6.07 Å². The van der Waals surface area contributed by atoms with Gasteiger partial charge in [-0.15, -0.1) is 0 Å². The average Bonchev–Trinajstić information content (AvgIpc) is 2.31. The number of amides is 1. The van der Waals surface area contributed by atoms with Gasteiger partial charge in [0, 0.05) is 13.6 Å². The second-order valence-electron chi connectivity index (χ2n) is 4.84. The van der Waals surface area contributed by atoms with Crippen molar-refractivity contribution in [1.82, 2.24) is 4.90 Å². The Balaban J connectivity index is 2.04. The highest BCUT2D eigenvalue weighted by molar-refractivity contribution is 5.86. The predicted molar refractivity (Wildman–Crippen MR) is 64.8 cm³/mol. The van der Waals surface area contributed by atoms with Crippen LogP contribution in [0.2, 0.25) is 0 Å². The fraction of sp³-hybridized carbons (Fsp3) is 0.429. The molecule has 0 aliphatic heterocycles. The number of benzene rings is 1. The number of nitriles is 1. The number of hydrogen-bond donors (Lipinski definition) is 0. The zero-order valence-electron chi connectivity index (χ0n) is 10.3. The highest BCUT2D eigenvalue weighted by Gasteiger charge is 2.46. The van der Waals surface area contributed by atoms with Crippen LogP contribution in [0.15, 0.2) is 24.3 Å². The van der Waals surface area contributed by atoms with Crippen molar-refractivity contribution in [1.29, 1.82) is 5.26 Å². The molecule has 0 saturated heterocycles. The molecule has 0 spiro atoms. The van der Waals surface area contributed by atoms with Crippen molar-refractivity contribution in [2.24, 2.45) is 5.41 Å². The van der Waals surface area contributed by atoms with Gasteiger partial charge < -0.3 is 4.90 Å². The highest BCUT2D eigenvalue weighted by Crippen LogP contribution is 2.41. The highest BCUT2D eigenvalue weighted by atomic mass is 19.1. The molecule has 0 N–H and O–H groups in total. The van der Waals surface area contributed by atoms with Crippen molar-refractivity contribution in [2.45, 2.75) is 25.8 Å². The molecule has 1 aromatic rings. The summed E-state index contributed by atoms with van der Waals surface area (Å²) in [4.78, 5) is 13.7. The number of hydrogen-bond acceptors (Lipinski definition) is 2. The van der Waals surface area contributed by atoms with Crippen LogP contribution in [0.3, 0.4) is 0 Å². The number of carbonyl (C=O) groups is 1. The minimum Gasteiger partial charge on any atom is -0.340 e. The van der Waals surface area contributed by atoms with Gasteiger partial charge in [-0.05, 0) is 37.0 Å². The Hall–Kier alpha value is -1.89. The van der Waals surface area contributed by atoms with Crippen LogP contribution in [0.1, 0.15) is 24.8 Å². The van der Waals surface area contributed by atoms with Crippen molar-refractivity contribution >= 4 is 5.91 Å². The minimum absolute atomic E-state index is 0.124. The summed E-state index contributed by atoms with van der Waals surface area (Å²) < 4.78 is 12.8. The molecule has 0 heterocycles. The van der Waals surface area contributed by atoms with Crippen LogP contribution in [-0.2, 0) is 11.3 Å². The molecule has 1 aliphatic rings. The molecule has 1 aliphatic carbocycles. The Morgan fingerprint density at radius 3 is 2.50 bits per heavy atom. The molecule has 0 bridgehead atoms. The number of carbonyl (C=O) groups excluding carboxylic acids is 1. The largest absolute Gasteiger partial charge is 0.340 e. The van der Waals surface area contributed by atoms with Crippen LogP contribution < -0.4 is 0 Å². The average molecular weight is 246 g/mol. The van der Waals surface area contributed by atoms with Crippen LogP contribution in [0.25, 0.3) is 0 Å². The van der Waals surface area contributed by atoms with E-state index in [4.69, 9.17) is 5.26 Å². The van der Waals surface area contributed by atoms with Crippen molar-refractivity contribution < 1.29 is 9.18 Å². The van der Waals surface area contributed by atoms with Gasteiger partial charge in [0.1, 0.15) is 11.2 Å². The van der Waals surface area contributed by atoms with E-state index < -0.39 is 5.41 Å². The monoisotopic (exact) mass is 246 g/mol. The van der Waals surface area contributed by atoms with Crippen LogP contribution >= 0.6 is 0 Å². The van der Waals surface area contributed by atoms with Gasteiger partial charge in [-0.25, -0.2) is 4.39 Å². The zero-order valence-corrected chi connectivity index (χ0v) is 10.3. The van der Waals surface area contributed by atoms with Crippen molar-refractivity contribution in [3.05, 3.63) is 35.6 Å². The van der Waals surface area contributed by atoms with Crippen LogP contribution in [0, 0.1) is 22.6 Å². The summed E-state index contributed by atoms with van der Waals surface area (Å²) in [5.74, 6) is -0.416. The van der Waals surface area contributed by atoms with E-state index >= 15 is 0 Å². The summed E-state index contributed by atoms with van der Waals surface area (Å²) in [5.41, 5.74) is 0.0501. The van der Waals surface area contributed by atoms with Gasteiger partial charge in [0.2, 0.25) is 5.91 Å². The molecule has 0 atom stereocenters. The van der Waals surface area contributed by atoms with E-state index in [-0.39, 0.29) is 11.7 Å². The lowest BCUT2D eigenvalue weighted by molar-refractivity contribution is -0.142. The molecular weight excluding hydrogens is 231 g/mol. The van der Waals surface area contributed by atoms with E-state index in [1.165, 1.54) is 12.1 Å². The van der Waals surface area contributed by atoms with E-state index in [1.54, 1.807) is 24.1 Å². The third-order valence-electron chi connectivity index (χ3n) is 3.51. The zero-order chi connectivity index (χ0) is 13.2. The smallest absolute Gasteiger partial charge is 0.243 e. The second kappa shape index (κ2) is 4.77. The SMILES string of the molecule is CN(Cc1ccc(F)cc1)C(=O)C1(C#N)CCC1. The summed E-state index contributed by atoms with van der Waals surface area (Å²) >= 11 is 0. The number of halogens is 1. The predicted octanol–water partition coefficient (Wildman–Crippen LogP) is 2.48. The number of nitrogens with zero attached hydrogens (tertiary/aromatic N) is 2. The van der Waals surface area contributed by atoms with Gasteiger partial charge in [-0.1, -0.05) is 12.1 Å². The lowest BCUT2D eigenvalue weighted by atomic mass is 9.69. The van der Waals surface area contributed by atoms with E-state index in [1.807, 2.05) is 0 Å². The molecule has 3 nitrogen and oxygen atoms in total. The van der Waals surface area contributed by atoms with E-state index in [0.29, 0.717) is 19.4 Å². The Labute approximate surface area is 106 Å². The molecule has 0 unspecified atom stereocenters. The summed E-state index contributed by atoms with van der Waals surface area (Å²) in [6.07, 6.45) is 2.23. The summed E-state index contributed by atoms with van der Waals surface area (Å²) in [6.45, 7) is 0.405. The second-order valence-corrected chi connectivity index (χ2v) is 4.84. The standard InChI is InChI=1S/C14H15FN2O/c1-17(9-11-3-5-12(15)6-4-11)13(18)14(10-16)7-2-8-14/h3-6H,2,7-9H2,1H3. The van der Waals surface area contributed by atoms with Gasteiger partial charge in [0.25, 0.3) is 0 Å². The Morgan fingerprint density at radius 2 is 2.06 bits per heavy atom. The van der Waals surface area contributed by atoms with E-state index in [2.05, 4.69) is 6.07 Å². The fourth-order valence-corrected chi connectivity index (χ4v) is 2.20. The molecule has 4 heteroatoms. The molecule has 18 heavy (non-hydrogen) atoms. The van der Waals surface area contributed by atoms with Crippen molar-refractivity contribution in [3.63, 3.8) is 0 Å². The Morgan fingerprint density at radius 1 is 1.44 bits per heavy atom. The minimum atomic E-state index is -0.811. The van der Waals surface area contributed by atoms with Gasteiger partial charge >= 0.3 is 0 Å². The molecule has 1 amide bonds. The van der Waals surface area contributed by atoms with Crippen molar-refractivity contribution in [3.8, 4) is 6.07 Å². The summed E-state index contributed by atoms with van der Waals surface area (Å²) in [6, 6.07) is 8.19. The summed E-state index contributed by atoms with van der Waals surface area (Å²) in [5, 5.41) is 9.11. The first kappa shape index (κ1) is 12.6. The topological polar surface area (TPSA) is 44.1 Å². The van der Waals surface area contributed by atoms with Gasteiger partial charge in [-0.2, -0.15) is 5.26 Å². The molecular formula is C14H15FN2O. The van der Waals surface area contributed by atoms with Crippen LogP contribution in [0.4, 0.5) is 4.39 Å². The third-order valence-corrected chi connectivity index (χ3v) is 3.51. The number of rotatable bonds is 3. The molecule has 0 aromatic heterocycles. The van der Waals surface area contributed by atoms with Crippen LogP contribution in [-0.4, -0.2) is 17.9 Å². The molecule has 1 aromatic carbocycles. The lowest BCUT2D eigenvalue weighted by Crippen LogP contribution is -2.45. The first-order chi connectivity index (χ1) is 8.57. The van der Waals surface area contributed by atoms with Gasteiger partial charge in [-0.3, -0.25) is 4.79 Å². The van der Waals surface area contributed by atoms with Gasteiger partial charge in [0.15, 0.2) is 0 Å². The van der Waals surface area contributed by atoms with E-state index in [9.17, 15) is 9.18 Å². The molecule has 2 rings (SSSR count). The first-order valence-electron chi connectivity index (χ1n) is 5.99. The van der Waals surface area contributed by atoms with Crippen molar-refractivity contribution in [2.75, 3.05) is 7.05 Å². The quantitative estimate of drug-likeness (QED) is 0.822. The van der Waals surface area contributed by atoms with E-state index in [0.717, 1.165) is 12.0 Å². The normalized spacial score (nSPS) is 16.5. The summed E-state index contributed by atoms with van der Waals surface area (Å²) in [7, 11) is 1.68. The molecule has 1 saturated carbocycles. The molecule has 1 fully saturated rings. The lowest BCUT2D eigenvalue weighted by Gasteiger charge is -2.36. The first-order valence-corrected chi connectivity index (χ1v) is 5.99. The van der Waals surface area contributed by atoms with Crippen LogP contribution in [0.5, 0.6) is 0 Å². The third kappa shape index (κ3) is 2.21. The molecule has 94 valence electrons. The molecule has 0 radical (unpaired) electrons. The maximum Gasteiger partial charge on any atom is 0.243 e. The maximum atomic E-state index is 12.8. The maximum absolute atomic E-state index is 12.8. The Kier molecular flexibility index (Phi) is 3.33. The Bertz CT molecular complexity index is 486. The fourth-order valence-electron chi connectivity index (χ4n) is 2.20.